The van der Waals surface area contributed by atoms with Gasteiger partial charge in [0.2, 0.25) is 0 Å². The monoisotopic (exact) mass is 1160 g/mol. The first-order valence-corrected chi connectivity index (χ1v) is 30.6. The zero-order valence-corrected chi connectivity index (χ0v) is 49.2. The zero-order chi connectivity index (χ0) is 60.4. The molecule has 0 aliphatic rings. The van der Waals surface area contributed by atoms with Crippen LogP contribution in [0.1, 0.15) is 0 Å². The van der Waals surface area contributed by atoms with Crippen LogP contribution < -0.4 is 5.63 Å². The third kappa shape index (κ3) is 9.48. The Bertz CT molecular complexity index is 5330. The Kier molecular flexibility index (Phi) is 12.9. The molecule has 0 fully saturated rings. The first-order valence-electron chi connectivity index (χ1n) is 30.6. The summed E-state index contributed by atoms with van der Waals surface area (Å²) in [6.45, 7) is 0. The number of hydrogen-bond acceptors (Lipinski definition) is 5. The van der Waals surface area contributed by atoms with Crippen LogP contribution in [0, 0.1) is 0 Å². The Morgan fingerprint density at radius 2 is 0.538 bits per heavy atom. The van der Waals surface area contributed by atoms with Crippen LogP contribution in [-0.4, -0.2) is 24.1 Å². The molecule has 0 N–H and O–H groups in total. The molecule has 6 aromatic heterocycles. The number of nitrogens with zero attached hydrogens (tertiary/aromatic N) is 5. The zero-order valence-electron chi connectivity index (χ0n) is 49.2. The SMILES string of the molecule is O=c1cc(-c2cc(-c3cc(-c4ccccc4)nc(-c4ccccc4)c3)nc(-c3cc(-c4ccccc4)nc(-c4ccccc4)c3)c2)c2c(-c3ccc(-n4c5ccccc5c5ccccc54)cc3)ccc(-c3ccc(-n4c5ccccc5c5ccccc54)cc3)c2o1. The maximum Gasteiger partial charge on any atom is 0.336 e. The van der Waals surface area contributed by atoms with E-state index in [9.17, 15) is 4.79 Å². The van der Waals surface area contributed by atoms with Crippen molar-refractivity contribution in [3.63, 3.8) is 0 Å². The number of pyridine rings is 3. The van der Waals surface area contributed by atoms with Gasteiger partial charge in [0.15, 0.2) is 0 Å². The molecule has 0 saturated carbocycles. The maximum atomic E-state index is 14.9. The van der Waals surface area contributed by atoms with Crippen LogP contribution in [0.25, 0.3) is 167 Å². The van der Waals surface area contributed by atoms with Crippen molar-refractivity contribution in [1.82, 2.24) is 24.1 Å². The van der Waals surface area contributed by atoms with Crippen LogP contribution in [0.3, 0.4) is 0 Å². The van der Waals surface area contributed by atoms with Crippen molar-refractivity contribution in [2.75, 3.05) is 0 Å². The van der Waals surface area contributed by atoms with E-state index in [0.717, 1.165) is 123 Å². The Balaban J connectivity index is 0.917. The van der Waals surface area contributed by atoms with Crippen molar-refractivity contribution in [3.05, 3.63) is 332 Å². The lowest BCUT2D eigenvalue weighted by atomic mass is 9.90. The molecule has 7 heteroatoms. The van der Waals surface area contributed by atoms with E-state index in [1.165, 1.54) is 21.5 Å². The molecule has 0 amide bonds. The van der Waals surface area contributed by atoms with E-state index in [2.05, 4.69) is 252 Å². The highest BCUT2D eigenvalue weighted by molar-refractivity contribution is 6.12. The first-order chi connectivity index (χ1) is 45.0. The average Bonchev–Trinajstić information content (AvgIpc) is 1.81. The Morgan fingerprint density at radius 3 is 0.901 bits per heavy atom. The number of rotatable bonds is 11. The summed E-state index contributed by atoms with van der Waals surface area (Å²) in [6.07, 6.45) is 0. The number of fused-ring (bicyclic) bond motifs is 7. The van der Waals surface area contributed by atoms with E-state index in [1.54, 1.807) is 6.07 Å². The molecule has 0 unspecified atom stereocenters. The van der Waals surface area contributed by atoms with Gasteiger partial charge in [-0.15, -0.1) is 0 Å². The van der Waals surface area contributed by atoms with E-state index in [0.29, 0.717) is 22.5 Å². The predicted octanol–water partition coefficient (Wildman–Crippen LogP) is 21.2. The molecule has 11 aromatic carbocycles. The fraction of sp³-hybridized carbons (Fsp3) is 0. The van der Waals surface area contributed by atoms with E-state index < -0.39 is 5.63 Å². The summed E-state index contributed by atoms with van der Waals surface area (Å²) >= 11 is 0. The average molecular weight is 1160 g/mol. The van der Waals surface area contributed by atoms with Crippen LogP contribution in [0.5, 0.6) is 0 Å². The van der Waals surface area contributed by atoms with Gasteiger partial charge in [0.1, 0.15) is 5.58 Å². The highest BCUT2D eigenvalue weighted by Crippen LogP contribution is 2.44. The standard InChI is InChI=1S/C84H53N5O2/c90-82-53-71(60-47-76(61-49-72(56-21-5-1-6-22-56)85-73(50-61)57-23-7-2-8-24-57)87-77(48-60)62-51-74(58-25-9-3-10-26-58)86-75(52-62)59-27-11-4-12-28-59)83-65(54-37-41-63(42-38-54)88-78-33-17-13-29-67(78)68-30-14-18-34-79(68)88)45-46-66(84(83)91-82)55-39-43-64(44-40-55)89-80-35-19-15-31-69(80)70-32-16-20-36-81(70)89/h1-53H. The minimum Gasteiger partial charge on any atom is -0.422 e. The molecule has 17 rings (SSSR count). The number of aromatic nitrogens is 5. The van der Waals surface area contributed by atoms with Gasteiger partial charge >= 0.3 is 5.63 Å². The van der Waals surface area contributed by atoms with Crippen molar-refractivity contribution in [2.24, 2.45) is 0 Å². The second kappa shape index (κ2) is 22.1. The molecule has 0 spiro atoms. The highest BCUT2D eigenvalue weighted by atomic mass is 16.4. The van der Waals surface area contributed by atoms with Crippen LogP contribution in [0.15, 0.2) is 331 Å². The Labute approximate surface area is 524 Å². The maximum absolute atomic E-state index is 14.9. The number of hydrogen-bond donors (Lipinski definition) is 0. The van der Waals surface area contributed by atoms with Crippen molar-refractivity contribution in [1.29, 1.82) is 0 Å². The summed E-state index contributed by atoms with van der Waals surface area (Å²) in [6, 6.07) is 111. The van der Waals surface area contributed by atoms with Gasteiger partial charge in [0, 0.05) is 88.9 Å². The van der Waals surface area contributed by atoms with Crippen LogP contribution >= 0.6 is 0 Å². The van der Waals surface area contributed by atoms with Crippen LogP contribution in [-0.2, 0) is 0 Å². The molecule has 0 saturated heterocycles. The fourth-order valence-corrected chi connectivity index (χ4v) is 13.3. The predicted molar refractivity (Wildman–Crippen MR) is 373 cm³/mol. The van der Waals surface area contributed by atoms with E-state index in [4.69, 9.17) is 19.4 Å². The van der Waals surface area contributed by atoms with E-state index in [1.807, 2.05) is 72.8 Å². The molecule has 0 aliphatic carbocycles. The minimum atomic E-state index is -0.479. The van der Waals surface area contributed by atoms with Gasteiger partial charge in [-0.05, 0) is 113 Å². The summed E-state index contributed by atoms with van der Waals surface area (Å²) in [7, 11) is 0. The lowest BCUT2D eigenvalue weighted by molar-refractivity contribution is 0.562. The third-order valence-electron chi connectivity index (χ3n) is 17.6. The van der Waals surface area contributed by atoms with E-state index >= 15 is 0 Å². The normalized spacial score (nSPS) is 11.6. The molecule has 0 bridgehead atoms. The number of benzene rings is 11. The minimum absolute atomic E-state index is 0.472. The van der Waals surface area contributed by atoms with Gasteiger partial charge in [0.05, 0.1) is 56.2 Å². The van der Waals surface area contributed by atoms with Gasteiger partial charge in [-0.2, -0.15) is 0 Å². The Hall–Kier alpha value is -12.3. The molecule has 17 aromatic rings. The van der Waals surface area contributed by atoms with E-state index in [-0.39, 0.29) is 0 Å². The third-order valence-corrected chi connectivity index (χ3v) is 17.6. The lowest BCUT2D eigenvalue weighted by Crippen LogP contribution is -2.02. The first kappa shape index (κ1) is 53.0. The van der Waals surface area contributed by atoms with Gasteiger partial charge in [-0.1, -0.05) is 224 Å². The van der Waals surface area contributed by atoms with Crippen LogP contribution in [0.2, 0.25) is 0 Å². The topological polar surface area (TPSA) is 78.7 Å². The molecule has 0 atom stereocenters. The Morgan fingerprint density at radius 1 is 0.242 bits per heavy atom. The molecule has 426 valence electrons. The fourth-order valence-electron chi connectivity index (χ4n) is 13.3. The summed E-state index contributed by atoms with van der Waals surface area (Å²) in [5.41, 5.74) is 21.8. The largest absolute Gasteiger partial charge is 0.422 e. The summed E-state index contributed by atoms with van der Waals surface area (Å²) in [5, 5.41) is 5.56. The summed E-state index contributed by atoms with van der Waals surface area (Å²) in [4.78, 5) is 31.1. The molecular weight excluding hydrogens is 1110 g/mol. The van der Waals surface area contributed by atoms with Gasteiger partial charge in [-0.3, -0.25) is 0 Å². The molecule has 7 nitrogen and oxygen atoms in total. The van der Waals surface area contributed by atoms with Crippen LogP contribution in [0.4, 0.5) is 0 Å². The van der Waals surface area contributed by atoms with Crippen molar-refractivity contribution in [3.8, 4) is 112 Å². The lowest BCUT2D eigenvalue weighted by Gasteiger charge is -2.18. The van der Waals surface area contributed by atoms with Crippen molar-refractivity contribution >= 4 is 54.6 Å². The highest BCUT2D eigenvalue weighted by Gasteiger charge is 2.23. The molecule has 0 radical (unpaired) electrons. The molecule has 6 heterocycles. The second-order valence-corrected chi connectivity index (χ2v) is 23.0. The van der Waals surface area contributed by atoms with Crippen molar-refractivity contribution < 1.29 is 4.42 Å². The molecule has 0 aliphatic heterocycles. The van der Waals surface area contributed by atoms with Crippen molar-refractivity contribution in [2.45, 2.75) is 0 Å². The number of para-hydroxylation sites is 4. The summed E-state index contributed by atoms with van der Waals surface area (Å²) < 4.78 is 11.3. The van der Waals surface area contributed by atoms with Gasteiger partial charge in [0.25, 0.3) is 0 Å². The smallest absolute Gasteiger partial charge is 0.336 e. The second-order valence-electron chi connectivity index (χ2n) is 23.0. The molecular formula is C84H53N5O2. The van der Waals surface area contributed by atoms with Gasteiger partial charge < -0.3 is 13.6 Å². The van der Waals surface area contributed by atoms with Gasteiger partial charge in [-0.25, -0.2) is 19.7 Å². The quantitative estimate of drug-likeness (QED) is 0.121. The summed E-state index contributed by atoms with van der Waals surface area (Å²) in [5.74, 6) is 0. The molecule has 91 heavy (non-hydrogen) atoms.